The topological polar surface area (TPSA) is 76.3 Å². The normalized spacial score (nSPS) is 17.8. The molecule has 0 amide bonds. The molecule has 1 saturated heterocycles. The first-order valence-electron chi connectivity index (χ1n) is 10.2. The van der Waals surface area contributed by atoms with E-state index in [0.717, 1.165) is 48.0 Å². The standard InChI is InChI=1S/C22H27N3O3S2/c1-15(2)21-20(16-8-5-4-6-9-16)24-22(28-21)18-10-7-11-25(18)12-17-13-29-19(23-17)14-30(3,26)27/h4-6,8-9,13,15,18H,7,10-12,14H2,1-3H3/t18-/m0/s1. The predicted molar refractivity (Wildman–Crippen MR) is 119 cm³/mol. The molecule has 8 heteroatoms. The molecule has 30 heavy (non-hydrogen) atoms. The fourth-order valence-corrected chi connectivity index (χ4v) is 5.90. The van der Waals surface area contributed by atoms with Gasteiger partial charge in [0, 0.05) is 29.7 Å². The van der Waals surface area contributed by atoms with Crippen LogP contribution in [0, 0.1) is 0 Å². The zero-order valence-corrected chi connectivity index (χ0v) is 19.2. The monoisotopic (exact) mass is 445 g/mol. The molecule has 1 atom stereocenters. The molecule has 6 nitrogen and oxygen atoms in total. The highest BCUT2D eigenvalue weighted by Crippen LogP contribution is 2.37. The van der Waals surface area contributed by atoms with Gasteiger partial charge in [-0.2, -0.15) is 0 Å². The van der Waals surface area contributed by atoms with Crippen LogP contribution >= 0.6 is 11.3 Å². The summed E-state index contributed by atoms with van der Waals surface area (Å²) >= 11 is 1.41. The second-order valence-corrected chi connectivity index (χ2v) is 11.3. The third kappa shape index (κ3) is 4.82. The minimum absolute atomic E-state index is 0.000973. The van der Waals surface area contributed by atoms with Crippen LogP contribution in [-0.4, -0.2) is 36.1 Å². The third-order valence-electron chi connectivity index (χ3n) is 5.24. The van der Waals surface area contributed by atoms with Gasteiger partial charge in [0.05, 0.1) is 11.7 Å². The molecule has 0 saturated carbocycles. The summed E-state index contributed by atoms with van der Waals surface area (Å²) < 4.78 is 29.4. The number of sulfone groups is 1. The summed E-state index contributed by atoms with van der Waals surface area (Å²) in [6, 6.07) is 10.3. The molecular weight excluding hydrogens is 418 g/mol. The minimum atomic E-state index is -3.07. The van der Waals surface area contributed by atoms with Crippen molar-refractivity contribution in [3.63, 3.8) is 0 Å². The van der Waals surface area contributed by atoms with E-state index in [4.69, 9.17) is 9.40 Å². The number of hydrogen-bond donors (Lipinski definition) is 0. The van der Waals surface area contributed by atoms with E-state index in [2.05, 4.69) is 35.9 Å². The molecule has 3 heterocycles. The molecular formula is C22H27N3O3S2. The number of oxazole rings is 1. The Morgan fingerprint density at radius 3 is 2.70 bits per heavy atom. The first kappa shape index (κ1) is 21.2. The Kier molecular flexibility index (Phi) is 6.09. The Bertz CT molecular complexity index is 1100. The summed E-state index contributed by atoms with van der Waals surface area (Å²) in [6.07, 6.45) is 3.31. The number of thiazole rings is 1. The number of nitrogens with zero attached hydrogens (tertiary/aromatic N) is 3. The summed E-state index contributed by atoms with van der Waals surface area (Å²) in [7, 11) is -3.07. The van der Waals surface area contributed by atoms with Gasteiger partial charge >= 0.3 is 0 Å². The molecule has 1 aliphatic heterocycles. The highest BCUT2D eigenvalue weighted by atomic mass is 32.2. The smallest absolute Gasteiger partial charge is 0.212 e. The van der Waals surface area contributed by atoms with Crippen LogP contribution in [0.15, 0.2) is 40.1 Å². The van der Waals surface area contributed by atoms with Gasteiger partial charge in [-0.15, -0.1) is 11.3 Å². The summed E-state index contributed by atoms with van der Waals surface area (Å²) in [5.41, 5.74) is 2.91. The number of benzene rings is 1. The van der Waals surface area contributed by atoms with Crippen LogP contribution in [0.3, 0.4) is 0 Å². The van der Waals surface area contributed by atoms with Crippen molar-refractivity contribution in [2.75, 3.05) is 12.8 Å². The van der Waals surface area contributed by atoms with E-state index in [-0.39, 0.29) is 17.7 Å². The van der Waals surface area contributed by atoms with Crippen molar-refractivity contribution in [2.45, 2.75) is 50.9 Å². The van der Waals surface area contributed by atoms with Gasteiger partial charge in [0.1, 0.15) is 22.2 Å². The second kappa shape index (κ2) is 8.61. The van der Waals surface area contributed by atoms with Crippen LogP contribution in [0.4, 0.5) is 0 Å². The van der Waals surface area contributed by atoms with Crippen molar-refractivity contribution in [3.05, 3.63) is 58.1 Å². The minimum Gasteiger partial charge on any atom is -0.443 e. The lowest BCUT2D eigenvalue weighted by atomic mass is 10.0. The maximum Gasteiger partial charge on any atom is 0.212 e. The lowest BCUT2D eigenvalue weighted by Crippen LogP contribution is -2.23. The molecule has 0 spiro atoms. The molecule has 1 aromatic carbocycles. The summed E-state index contributed by atoms with van der Waals surface area (Å²) in [5.74, 6) is 1.93. The van der Waals surface area contributed by atoms with Crippen molar-refractivity contribution in [1.29, 1.82) is 0 Å². The van der Waals surface area contributed by atoms with Gasteiger partial charge < -0.3 is 4.42 Å². The van der Waals surface area contributed by atoms with E-state index in [9.17, 15) is 8.42 Å². The molecule has 2 aromatic heterocycles. The van der Waals surface area contributed by atoms with E-state index < -0.39 is 9.84 Å². The van der Waals surface area contributed by atoms with Crippen LogP contribution in [-0.2, 0) is 22.1 Å². The molecule has 0 unspecified atom stereocenters. The van der Waals surface area contributed by atoms with Gasteiger partial charge in [-0.3, -0.25) is 4.90 Å². The fourth-order valence-electron chi connectivity index (χ4n) is 3.90. The number of aromatic nitrogens is 2. The summed E-state index contributed by atoms with van der Waals surface area (Å²) in [4.78, 5) is 11.8. The Labute approximate surface area is 181 Å². The zero-order valence-electron chi connectivity index (χ0n) is 17.5. The Morgan fingerprint density at radius 1 is 1.23 bits per heavy atom. The SMILES string of the molecule is CC(C)c1oc([C@@H]2CCCN2Cc2csc(CS(C)(=O)=O)n2)nc1-c1ccccc1. The Balaban J connectivity index is 1.57. The van der Waals surface area contributed by atoms with E-state index in [1.165, 1.54) is 17.6 Å². The first-order valence-corrected chi connectivity index (χ1v) is 13.2. The van der Waals surface area contributed by atoms with Gasteiger partial charge in [0.2, 0.25) is 5.89 Å². The first-order chi connectivity index (χ1) is 14.3. The quantitative estimate of drug-likeness (QED) is 0.520. The van der Waals surface area contributed by atoms with Crippen LogP contribution in [0.25, 0.3) is 11.3 Å². The average molecular weight is 446 g/mol. The number of rotatable bonds is 7. The van der Waals surface area contributed by atoms with Gasteiger partial charge in [-0.05, 0) is 19.4 Å². The Morgan fingerprint density at radius 2 is 2.00 bits per heavy atom. The Hall–Kier alpha value is -2.03. The maximum atomic E-state index is 11.5. The van der Waals surface area contributed by atoms with Crippen LogP contribution in [0.5, 0.6) is 0 Å². The molecule has 0 N–H and O–H groups in total. The lowest BCUT2D eigenvalue weighted by Gasteiger charge is -2.20. The predicted octanol–water partition coefficient (Wildman–Crippen LogP) is 4.80. The van der Waals surface area contributed by atoms with E-state index in [1.807, 2.05) is 23.6 Å². The maximum absolute atomic E-state index is 11.5. The van der Waals surface area contributed by atoms with Crippen molar-refractivity contribution >= 4 is 21.2 Å². The molecule has 1 fully saturated rings. The lowest BCUT2D eigenvalue weighted by molar-refractivity contribution is 0.209. The van der Waals surface area contributed by atoms with Crippen molar-refractivity contribution < 1.29 is 12.8 Å². The van der Waals surface area contributed by atoms with Crippen molar-refractivity contribution in [3.8, 4) is 11.3 Å². The molecule has 1 aliphatic rings. The van der Waals surface area contributed by atoms with Crippen LogP contribution < -0.4 is 0 Å². The van der Waals surface area contributed by atoms with E-state index in [0.29, 0.717) is 11.6 Å². The third-order valence-corrected chi connectivity index (χ3v) is 7.12. The van der Waals surface area contributed by atoms with E-state index in [1.54, 1.807) is 0 Å². The highest BCUT2D eigenvalue weighted by Gasteiger charge is 2.32. The summed E-state index contributed by atoms with van der Waals surface area (Å²) in [6.45, 7) is 5.87. The molecule has 0 aliphatic carbocycles. The number of likely N-dealkylation sites (tertiary alicyclic amines) is 1. The summed E-state index contributed by atoms with van der Waals surface area (Å²) in [5, 5.41) is 2.60. The zero-order chi connectivity index (χ0) is 21.3. The van der Waals surface area contributed by atoms with E-state index >= 15 is 0 Å². The van der Waals surface area contributed by atoms with Gasteiger partial charge in [0.15, 0.2) is 9.84 Å². The van der Waals surface area contributed by atoms with Crippen LogP contribution in [0.2, 0.25) is 0 Å². The molecule has 160 valence electrons. The van der Waals surface area contributed by atoms with Crippen LogP contribution in [0.1, 0.15) is 61.0 Å². The molecule has 3 aromatic rings. The van der Waals surface area contributed by atoms with Gasteiger partial charge in [-0.25, -0.2) is 18.4 Å². The van der Waals surface area contributed by atoms with Crippen molar-refractivity contribution in [1.82, 2.24) is 14.9 Å². The average Bonchev–Trinajstić information content (AvgIpc) is 3.41. The fraction of sp³-hybridized carbons (Fsp3) is 0.455. The molecule has 0 radical (unpaired) electrons. The highest BCUT2D eigenvalue weighted by molar-refractivity contribution is 7.90. The molecule has 0 bridgehead atoms. The van der Waals surface area contributed by atoms with Gasteiger partial charge in [0.25, 0.3) is 0 Å². The molecule has 4 rings (SSSR count). The largest absolute Gasteiger partial charge is 0.443 e. The van der Waals surface area contributed by atoms with Gasteiger partial charge in [-0.1, -0.05) is 44.2 Å². The second-order valence-electron chi connectivity index (χ2n) is 8.22. The number of hydrogen-bond acceptors (Lipinski definition) is 7. The van der Waals surface area contributed by atoms with Crippen molar-refractivity contribution in [2.24, 2.45) is 0 Å².